The molecule has 0 radical (unpaired) electrons. The van der Waals surface area contributed by atoms with E-state index < -0.39 is 60.0 Å². The van der Waals surface area contributed by atoms with E-state index in [9.17, 15) is 32.9 Å². The Morgan fingerprint density at radius 3 is 2.44 bits per heavy atom. The molecule has 1 aromatic rings. The zero-order chi connectivity index (χ0) is 25.8. The SMILES string of the molecule is C[C@@H](CO[N+](=O)[O-])OC(=O)OCOC(=O)C1=Cc2cc(Cl)c(C(C)(C)C)cc2O[C@@H]1C(F)(F)F. The molecule has 2 atom stereocenters. The molecule has 0 amide bonds. The molecule has 0 spiro atoms. The molecule has 1 aromatic carbocycles. The first kappa shape index (κ1) is 27.0. The van der Waals surface area contributed by atoms with Crippen molar-refractivity contribution in [2.24, 2.45) is 0 Å². The van der Waals surface area contributed by atoms with Gasteiger partial charge in [-0.1, -0.05) is 32.4 Å². The molecule has 1 heterocycles. The van der Waals surface area contributed by atoms with Crippen LogP contribution in [0.25, 0.3) is 6.08 Å². The highest BCUT2D eigenvalue weighted by molar-refractivity contribution is 6.31. The van der Waals surface area contributed by atoms with Gasteiger partial charge in [0.2, 0.25) is 12.9 Å². The topological polar surface area (TPSA) is 123 Å². The Balaban J connectivity index is 2.13. The predicted octanol–water partition coefficient (Wildman–Crippen LogP) is 4.59. The molecule has 0 unspecified atom stereocenters. The molecule has 10 nitrogen and oxygen atoms in total. The van der Waals surface area contributed by atoms with Crippen LogP contribution in [0.15, 0.2) is 17.7 Å². The van der Waals surface area contributed by atoms with Crippen molar-refractivity contribution < 1.29 is 51.6 Å². The van der Waals surface area contributed by atoms with Gasteiger partial charge in [0.25, 0.3) is 5.09 Å². The number of benzene rings is 1. The van der Waals surface area contributed by atoms with E-state index in [1.54, 1.807) is 0 Å². The number of esters is 1. The van der Waals surface area contributed by atoms with Crippen LogP contribution < -0.4 is 4.74 Å². The number of rotatable bonds is 7. The zero-order valence-electron chi connectivity index (χ0n) is 18.4. The first-order valence-corrected chi connectivity index (χ1v) is 10.0. The summed E-state index contributed by atoms with van der Waals surface area (Å²) in [4.78, 5) is 37.9. The predicted molar refractivity (Wildman–Crippen MR) is 110 cm³/mol. The molecule has 34 heavy (non-hydrogen) atoms. The summed E-state index contributed by atoms with van der Waals surface area (Å²) in [5, 5.41) is 9.26. The molecular weight excluding hydrogens is 491 g/mol. The smallest absolute Gasteiger partial charge is 0.475 e. The molecule has 188 valence electrons. The Bertz CT molecular complexity index is 989. The van der Waals surface area contributed by atoms with Crippen LogP contribution in [0.3, 0.4) is 0 Å². The minimum Gasteiger partial charge on any atom is -0.475 e. The fourth-order valence-electron chi connectivity index (χ4n) is 2.81. The van der Waals surface area contributed by atoms with Gasteiger partial charge in [-0.05, 0) is 36.1 Å². The summed E-state index contributed by atoms with van der Waals surface area (Å²) in [6, 6.07) is 2.76. The molecule has 0 aliphatic carbocycles. The highest BCUT2D eigenvalue weighted by atomic mass is 35.5. The summed E-state index contributed by atoms with van der Waals surface area (Å²) >= 11 is 6.26. The van der Waals surface area contributed by atoms with Gasteiger partial charge in [0.05, 0.1) is 5.57 Å². The van der Waals surface area contributed by atoms with Gasteiger partial charge >= 0.3 is 18.3 Å². The lowest BCUT2D eigenvalue weighted by molar-refractivity contribution is -0.759. The van der Waals surface area contributed by atoms with Crippen molar-refractivity contribution in [1.82, 2.24) is 0 Å². The molecule has 14 heteroatoms. The monoisotopic (exact) mass is 511 g/mol. The molecule has 1 aliphatic heterocycles. The van der Waals surface area contributed by atoms with E-state index in [4.69, 9.17) is 16.3 Å². The van der Waals surface area contributed by atoms with E-state index in [0.717, 1.165) is 6.08 Å². The Labute approximate surface area is 196 Å². The van der Waals surface area contributed by atoms with Gasteiger partial charge in [0.1, 0.15) is 18.5 Å². The number of alkyl halides is 3. The number of hydrogen-bond donors (Lipinski definition) is 0. The van der Waals surface area contributed by atoms with E-state index in [1.165, 1.54) is 19.1 Å². The number of ether oxygens (including phenoxy) is 4. The molecule has 0 saturated carbocycles. The van der Waals surface area contributed by atoms with Gasteiger partial charge in [-0.15, -0.1) is 10.1 Å². The van der Waals surface area contributed by atoms with Crippen molar-refractivity contribution in [1.29, 1.82) is 0 Å². The number of hydrogen-bond acceptors (Lipinski definition) is 9. The quantitative estimate of drug-likeness (QED) is 0.223. The van der Waals surface area contributed by atoms with Crippen molar-refractivity contribution in [3.8, 4) is 5.75 Å². The van der Waals surface area contributed by atoms with Gasteiger partial charge in [0, 0.05) is 10.6 Å². The molecule has 0 bridgehead atoms. The third-order valence-corrected chi connectivity index (χ3v) is 4.67. The normalized spacial score (nSPS) is 16.4. The largest absolute Gasteiger partial charge is 0.511 e. The standard InChI is InChI=1S/C20H21ClF3NO9/c1-10(8-32-25(28)29)33-18(27)31-9-30-17(26)12-5-11-6-14(21)13(19(2,3)4)7-15(11)34-16(12)20(22,23)24/h5-7,10,16H,8-9H2,1-4H3/t10-,16-/m0/s1. The van der Waals surface area contributed by atoms with Gasteiger partial charge in [-0.3, -0.25) is 0 Å². The number of carbonyl (C=O) groups is 2. The first-order valence-electron chi connectivity index (χ1n) is 9.66. The summed E-state index contributed by atoms with van der Waals surface area (Å²) in [5.41, 5.74) is -0.682. The van der Waals surface area contributed by atoms with Gasteiger partial charge in [0.15, 0.2) is 0 Å². The summed E-state index contributed by atoms with van der Waals surface area (Å²) in [7, 11) is 0. The maximum Gasteiger partial charge on any atom is 0.511 e. The molecule has 0 N–H and O–H groups in total. The average Bonchev–Trinajstić information content (AvgIpc) is 2.69. The third kappa shape index (κ3) is 7.14. The number of carbonyl (C=O) groups excluding carboxylic acids is 2. The molecule has 0 aromatic heterocycles. The number of fused-ring (bicyclic) bond motifs is 1. The van der Waals surface area contributed by atoms with Crippen LogP contribution in [0, 0.1) is 10.1 Å². The molecule has 0 fully saturated rings. The highest BCUT2D eigenvalue weighted by Gasteiger charge is 2.49. The lowest BCUT2D eigenvalue weighted by atomic mass is 9.85. The van der Waals surface area contributed by atoms with Crippen LogP contribution >= 0.6 is 11.6 Å². The van der Waals surface area contributed by atoms with E-state index in [0.29, 0.717) is 5.56 Å². The minimum absolute atomic E-state index is 0.112. The Hall–Kier alpha value is -3.22. The van der Waals surface area contributed by atoms with Crippen LogP contribution in [0.2, 0.25) is 5.02 Å². The van der Waals surface area contributed by atoms with Crippen molar-refractivity contribution in [3.05, 3.63) is 44.0 Å². The second-order valence-electron chi connectivity index (χ2n) is 8.15. The van der Waals surface area contributed by atoms with Crippen molar-refractivity contribution in [2.75, 3.05) is 13.4 Å². The van der Waals surface area contributed by atoms with Crippen LogP contribution in [-0.4, -0.2) is 49.0 Å². The average molecular weight is 512 g/mol. The van der Waals surface area contributed by atoms with Crippen LogP contribution in [0.1, 0.15) is 38.8 Å². The minimum atomic E-state index is -4.96. The Morgan fingerprint density at radius 1 is 1.24 bits per heavy atom. The molecule has 1 aliphatic rings. The second kappa shape index (κ2) is 10.4. The summed E-state index contributed by atoms with van der Waals surface area (Å²) in [6.07, 6.45) is -9.13. The van der Waals surface area contributed by atoms with Crippen LogP contribution in [0.5, 0.6) is 5.75 Å². The fourth-order valence-corrected chi connectivity index (χ4v) is 3.27. The van der Waals surface area contributed by atoms with E-state index in [1.807, 2.05) is 20.8 Å². The number of nitrogens with zero attached hydrogens (tertiary/aromatic N) is 1. The Kier molecular flexibility index (Phi) is 8.24. The highest BCUT2D eigenvalue weighted by Crippen LogP contribution is 2.42. The lowest BCUT2D eigenvalue weighted by Gasteiger charge is -2.30. The molecule has 2 rings (SSSR count). The summed E-state index contributed by atoms with van der Waals surface area (Å²) < 4.78 is 59.6. The molecular formula is C20H21ClF3NO9. The molecule has 0 saturated heterocycles. The first-order chi connectivity index (χ1) is 15.6. The fraction of sp³-hybridized carbons (Fsp3) is 0.500. The van der Waals surface area contributed by atoms with Gasteiger partial charge in [-0.2, -0.15) is 13.2 Å². The maximum absolute atomic E-state index is 13.6. The van der Waals surface area contributed by atoms with Crippen molar-refractivity contribution >= 4 is 29.8 Å². The number of halogens is 4. The maximum atomic E-state index is 13.6. The van der Waals surface area contributed by atoms with Crippen LogP contribution in [0.4, 0.5) is 18.0 Å². The van der Waals surface area contributed by atoms with Gasteiger partial charge in [-0.25, -0.2) is 9.59 Å². The van der Waals surface area contributed by atoms with E-state index >= 15 is 0 Å². The lowest BCUT2D eigenvalue weighted by Crippen LogP contribution is -2.41. The van der Waals surface area contributed by atoms with Crippen LogP contribution in [-0.2, 0) is 29.3 Å². The Morgan fingerprint density at radius 2 is 1.88 bits per heavy atom. The van der Waals surface area contributed by atoms with E-state index in [2.05, 4.69) is 19.0 Å². The van der Waals surface area contributed by atoms with Crippen molar-refractivity contribution in [2.45, 2.75) is 51.5 Å². The zero-order valence-corrected chi connectivity index (χ0v) is 19.2. The second-order valence-corrected chi connectivity index (χ2v) is 8.56. The van der Waals surface area contributed by atoms with Gasteiger partial charge < -0.3 is 23.8 Å². The van der Waals surface area contributed by atoms with E-state index in [-0.39, 0.29) is 16.3 Å². The summed E-state index contributed by atoms with van der Waals surface area (Å²) in [5.74, 6) is -1.57. The third-order valence-electron chi connectivity index (χ3n) is 4.36. The summed E-state index contributed by atoms with van der Waals surface area (Å²) in [6.45, 7) is 5.05. The van der Waals surface area contributed by atoms with Crippen molar-refractivity contribution in [3.63, 3.8) is 0 Å².